The van der Waals surface area contributed by atoms with Gasteiger partial charge in [-0.3, -0.25) is 9.59 Å². The van der Waals surface area contributed by atoms with E-state index in [-0.39, 0.29) is 23.7 Å². The molecule has 2 aliphatic heterocycles. The Morgan fingerprint density at radius 1 is 0.917 bits per heavy atom. The predicted molar refractivity (Wildman–Crippen MR) is 137 cm³/mol. The van der Waals surface area contributed by atoms with E-state index < -0.39 is 6.04 Å². The Hall–Kier alpha value is -4.13. The highest BCUT2D eigenvalue weighted by atomic mass is 19.1. The molecule has 0 saturated carbocycles. The van der Waals surface area contributed by atoms with Crippen LogP contribution >= 0.6 is 0 Å². The molecule has 4 aromatic rings. The fourth-order valence-corrected chi connectivity index (χ4v) is 5.63. The van der Waals surface area contributed by atoms with Crippen LogP contribution in [0, 0.1) is 5.82 Å². The summed E-state index contributed by atoms with van der Waals surface area (Å²) in [6, 6.07) is 21.3. The lowest BCUT2D eigenvalue weighted by atomic mass is 9.97. The third-order valence-corrected chi connectivity index (χ3v) is 7.47. The quantitative estimate of drug-likeness (QED) is 0.463. The van der Waals surface area contributed by atoms with E-state index in [0.717, 1.165) is 22.0 Å². The van der Waals surface area contributed by atoms with Crippen molar-refractivity contribution < 1.29 is 14.0 Å². The fourth-order valence-electron chi connectivity index (χ4n) is 5.63. The summed E-state index contributed by atoms with van der Waals surface area (Å²) < 4.78 is 14.3. The number of aromatic amines is 1. The number of nitrogens with one attached hydrogen (secondary N) is 1. The molecule has 1 N–H and O–H groups in total. The van der Waals surface area contributed by atoms with Gasteiger partial charge in [-0.1, -0.05) is 48.5 Å². The molecule has 1 aromatic heterocycles. The van der Waals surface area contributed by atoms with Crippen LogP contribution in [-0.2, 0) is 4.79 Å². The Morgan fingerprint density at radius 2 is 1.61 bits per heavy atom. The molecule has 1 fully saturated rings. The zero-order valence-corrected chi connectivity index (χ0v) is 20.0. The van der Waals surface area contributed by atoms with Gasteiger partial charge in [0.15, 0.2) is 0 Å². The Kier molecular flexibility index (Phi) is 5.48. The number of para-hydroxylation sites is 2. The van der Waals surface area contributed by atoms with Crippen molar-refractivity contribution in [3.63, 3.8) is 0 Å². The molecule has 2 amide bonds. The van der Waals surface area contributed by atoms with E-state index in [0.29, 0.717) is 37.4 Å². The van der Waals surface area contributed by atoms with Crippen molar-refractivity contribution >= 4 is 28.4 Å². The van der Waals surface area contributed by atoms with Gasteiger partial charge in [0.1, 0.15) is 11.9 Å². The number of hydrogen-bond donors (Lipinski definition) is 1. The van der Waals surface area contributed by atoms with Gasteiger partial charge in [-0.2, -0.15) is 0 Å². The molecule has 0 radical (unpaired) electrons. The number of benzene rings is 3. The van der Waals surface area contributed by atoms with Gasteiger partial charge in [0.25, 0.3) is 5.91 Å². The third kappa shape index (κ3) is 3.54. The minimum Gasteiger partial charge on any atom is -0.366 e. The average molecular weight is 483 g/mol. The van der Waals surface area contributed by atoms with Crippen molar-refractivity contribution in [1.29, 1.82) is 0 Å². The second-order valence-electron chi connectivity index (χ2n) is 9.43. The lowest BCUT2D eigenvalue weighted by Crippen LogP contribution is -2.55. The molecular formula is C29H27FN4O2. The number of nitrogens with zero attached hydrogens (tertiary/aromatic N) is 3. The number of H-pyrrole nitrogens is 1. The molecule has 1 saturated heterocycles. The first kappa shape index (κ1) is 22.3. The summed E-state index contributed by atoms with van der Waals surface area (Å²) in [6.45, 7) is 3.85. The Labute approximate surface area is 208 Å². The van der Waals surface area contributed by atoms with Gasteiger partial charge in [-0.25, -0.2) is 4.39 Å². The lowest BCUT2D eigenvalue weighted by Gasteiger charge is -2.39. The second-order valence-corrected chi connectivity index (χ2v) is 9.43. The number of piperazine rings is 1. The van der Waals surface area contributed by atoms with E-state index in [4.69, 9.17) is 0 Å². The van der Waals surface area contributed by atoms with E-state index in [1.165, 1.54) is 6.07 Å². The van der Waals surface area contributed by atoms with Crippen LogP contribution in [0.5, 0.6) is 0 Å². The van der Waals surface area contributed by atoms with Crippen LogP contribution in [0.25, 0.3) is 10.9 Å². The van der Waals surface area contributed by atoms with Crippen LogP contribution in [-0.4, -0.2) is 58.8 Å². The Balaban J connectivity index is 1.28. The number of hydrogen-bond acceptors (Lipinski definition) is 3. The molecule has 0 spiro atoms. The lowest BCUT2D eigenvalue weighted by molar-refractivity contribution is -0.136. The standard InChI is InChI=1S/C29H27FN4O2/c1-19(28(35)33-16-14-32(15-17-33)26-13-7-5-11-24(26)30)34-27(21-9-2-3-10-22(21)29(34)36)23-18-31-25-12-6-4-8-20(23)25/h2-13,18-19,27,31H,14-17H2,1H3/t19-,27+/m1/s1. The maximum Gasteiger partial charge on any atom is 0.255 e. The topological polar surface area (TPSA) is 59.7 Å². The first-order valence-corrected chi connectivity index (χ1v) is 12.3. The molecule has 0 bridgehead atoms. The minimum absolute atomic E-state index is 0.0887. The number of anilines is 1. The van der Waals surface area contributed by atoms with E-state index >= 15 is 0 Å². The van der Waals surface area contributed by atoms with Crippen molar-refractivity contribution in [3.05, 3.63) is 102 Å². The molecule has 6 rings (SSSR count). The van der Waals surface area contributed by atoms with Crippen LogP contribution < -0.4 is 4.90 Å². The van der Waals surface area contributed by atoms with Gasteiger partial charge in [0.2, 0.25) is 5.91 Å². The highest BCUT2D eigenvalue weighted by Gasteiger charge is 2.44. The molecule has 6 nitrogen and oxygen atoms in total. The number of rotatable bonds is 4. The minimum atomic E-state index is -0.649. The zero-order chi connectivity index (χ0) is 24.8. The zero-order valence-electron chi connectivity index (χ0n) is 20.0. The average Bonchev–Trinajstić information content (AvgIpc) is 3.47. The van der Waals surface area contributed by atoms with E-state index in [9.17, 15) is 14.0 Å². The molecule has 0 unspecified atom stereocenters. The van der Waals surface area contributed by atoms with Crippen LogP contribution in [0.15, 0.2) is 79.0 Å². The summed E-state index contributed by atoms with van der Waals surface area (Å²) in [5, 5.41) is 1.04. The van der Waals surface area contributed by atoms with E-state index in [2.05, 4.69) is 4.98 Å². The normalized spacial score (nSPS) is 18.6. The number of fused-ring (bicyclic) bond motifs is 2. The molecule has 7 heteroatoms. The van der Waals surface area contributed by atoms with Crippen molar-refractivity contribution in [1.82, 2.24) is 14.8 Å². The predicted octanol–water partition coefficient (Wildman–Crippen LogP) is 4.59. The number of carbonyl (C=O) groups excluding carboxylic acids is 2. The summed E-state index contributed by atoms with van der Waals surface area (Å²) >= 11 is 0. The van der Waals surface area contributed by atoms with Crippen LogP contribution in [0.2, 0.25) is 0 Å². The number of carbonyl (C=O) groups is 2. The van der Waals surface area contributed by atoms with Gasteiger partial charge in [-0.15, -0.1) is 0 Å². The monoisotopic (exact) mass is 482 g/mol. The van der Waals surface area contributed by atoms with Crippen molar-refractivity contribution in [2.24, 2.45) is 0 Å². The van der Waals surface area contributed by atoms with Gasteiger partial charge in [-0.05, 0) is 36.8 Å². The van der Waals surface area contributed by atoms with E-state index in [1.54, 1.807) is 21.9 Å². The van der Waals surface area contributed by atoms with Gasteiger partial charge in [0, 0.05) is 54.4 Å². The summed E-state index contributed by atoms with van der Waals surface area (Å²) in [6.07, 6.45) is 1.95. The molecule has 2 atom stereocenters. The molecular weight excluding hydrogens is 455 g/mol. The molecule has 182 valence electrons. The summed E-state index contributed by atoms with van der Waals surface area (Å²) in [4.78, 5) is 36.1. The first-order valence-electron chi connectivity index (χ1n) is 12.3. The second kappa shape index (κ2) is 8.82. The first-order chi connectivity index (χ1) is 17.5. The van der Waals surface area contributed by atoms with Gasteiger partial charge < -0.3 is 19.7 Å². The van der Waals surface area contributed by atoms with Crippen LogP contribution in [0.3, 0.4) is 0 Å². The maximum absolute atomic E-state index is 14.3. The largest absolute Gasteiger partial charge is 0.366 e. The smallest absolute Gasteiger partial charge is 0.255 e. The van der Waals surface area contributed by atoms with Crippen molar-refractivity contribution in [3.8, 4) is 0 Å². The maximum atomic E-state index is 14.3. The SMILES string of the molecule is C[C@H](C(=O)N1CCN(c2ccccc2F)CC1)N1C(=O)c2ccccc2[C@H]1c1c[nH]c2ccccc12. The number of aromatic nitrogens is 1. The number of amides is 2. The van der Waals surface area contributed by atoms with Crippen LogP contribution in [0.4, 0.5) is 10.1 Å². The number of halogens is 1. The Morgan fingerprint density at radius 3 is 2.42 bits per heavy atom. The highest BCUT2D eigenvalue weighted by molar-refractivity contribution is 6.03. The van der Waals surface area contributed by atoms with Gasteiger partial charge >= 0.3 is 0 Å². The van der Waals surface area contributed by atoms with Crippen LogP contribution in [0.1, 0.15) is 34.5 Å². The molecule has 3 heterocycles. The highest BCUT2D eigenvalue weighted by Crippen LogP contribution is 2.42. The summed E-state index contributed by atoms with van der Waals surface area (Å²) in [5.41, 5.74) is 4.08. The van der Waals surface area contributed by atoms with Gasteiger partial charge in [0.05, 0.1) is 11.7 Å². The fraction of sp³-hybridized carbons (Fsp3) is 0.241. The van der Waals surface area contributed by atoms with E-state index in [1.807, 2.05) is 72.6 Å². The molecule has 3 aromatic carbocycles. The third-order valence-electron chi connectivity index (χ3n) is 7.47. The summed E-state index contributed by atoms with van der Waals surface area (Å²) in [5.74, 6) is -0.478. The summed E-state index contributed by atoms with van der Waals surface area (Å²) in [7, 11) is 0. The van der Waals surface area contributed by atoms with Crippen molar-refractivity contribution in [2.75, 3.05) is 31.1 Å². The molecule has 36 heavy (non-hydrogen) atoms. The molecule has 2 aliphatic rings. The Bertz CT molecular complexity index is 1460. The molecule has 0 aliphatic carbocycles. The van der Waals surface area contributed by atoms with Crippen molar-refractivity contribution in [2.45, 2.75) is 19.0 Å².